The first-order chi connectivity index (χ1) is 12.0. The van der Waals surface area contributed by atoms with E-state index in [9.17, 15) is 9.59 Å². The summed E-state index contributed by atoms with van der Waals surface area (Å²) in [5, 5.41) is 0. The van der Waals surface area contributed by atoms with Crippen LogP contribution in [-0.4, -0.2) is 55.1 Å². The molecule has 1 atom stereocenters. The molecule has 0 aromatic carbocycles. The highest BCUT2D eigenvalue weighted by molar-refractivity contribution is 9.10. The lowest BCUT2D eigenvalue weighted by Crippen LogP contribution is -2.70. The predicted molar refractivity (Wildman–Crippen MR) is 95.1 cm³/mol. The lowest BCUT2D eigenvalue weighted by molar-refractivity contribution is -0.210. The van der Waals surface area contributed by atoms with Gasteiger partial charge in [0.05, 0.1) is 24.3 Å². The van der Waals surface area contributed by atoms with E-state index in [-0.39, 0.29) is 22.8 Å². The summed E-state index contributed by atoms with van der Waals surface area (Å²) in [7, 11) is 1.59. The van der Waals surface area contributed by atoms with Gasteiger partial charge in [-0.2, -0.15) is 0 Å². The average Bonchev–Trinajstić information content (AvgIpc) is 2.56. The topological polar surface area (TPSA) is 70.0 Å². The molecule has 0 radical (unpaired) electrons. The minimum Gasteiger partial charge on any atom is -0.487 e. The maximum atomic E-state index is 13.1. The smallest absolute Gasteiger partial charge is 0.276 e. The Morgan fingerprint density at radius 1 is 1.36 bits per heavy atom. The number of aromatic nitrogens is 1. The van der Waals surface area contributed by atoms with E-state index in [0.717, 1.165) is 12.8 Å². The summed E-state index contributed by atoms with van der Waals surface area (Å²) in [6, 6.07) is 0. The molecule has 2 aliphatic heterocycles. The molecule has 25 heavy (non-hydrogen) atoms. The van der Waals surface area contributed by atoms with Crippen molar-refractivity contribution in [1.29, 1.82) is 0 Å². The van der Waals surface area contributed by atoms with Gasteiger partial charge in [-0.1, -0.05) is 13.3 Å². The Kier molecular flexibility index (Phi) is 5.22. The molecule has 1 amide bonds. The van der Waals surface area contributed by atoms with Crippen LogP contribution in [0.4, 0.5) is 0 Å². The number of hydrogen-bond acceptors (Lipinski definition) is 5. The van der Waals surface area contributed by atoms with E-state index in [2.05, 4.69) is 15.9 Å². The molecular formula is C17H23BrN2O5. The van der Waals surface area contributed by atoms with E-state index >= 15 is 0 Å². The summed E-state index contributed by atoms with van der Waals surface area (Å²) in [6.07, 6.45) is 2.95. The second kappa shape index (κ2) is 7.09. The molecule has 1 aromatic rings. The van der Waals surface area contributed by atoms with E-state index in [0.29, 0.717) is 30.8 Å². The summed E-state index contributed by atoms with van der Waals surface area (Å²) in [6.45, 7) is 5.61. The molecule has 0 saturated carbocycles. The van der Waals surface area contributed by atoms with Crippen LogP contribution in [-0.2, 0) is 15.0 Å². The fraction of sp³-hybridized carbons (Fsp3) is 0.647. The maximum absolute atomic E-state index is 13.1. The number of carbonyl (C=O) groups is 1. The molecular weight excluding hydrogens is 392 g/mol. The molecule has 8 heteroatoms. The van der Waals surface area contributed by atoms with Crippen LogP contribution in [0.3, 0.4) is 0 Å². The van der Waals surface area contributed by atoms with Crippen LogP contribution in [0.15, 0.2) is 15.5 Å². The van der Waals surface area contributed by atoms with Gasteiger partial charge in [0.2, 0.25) is 5.43 Å². The molecule has 138 valence electrons. The van der Waals surface area contributed by atoms with Gasteiger partial charge in [0.15, 0.2) is 17.7 Å². The van der Waals surface area contributed by atoms with Crippen molar-refractivity contribution in [3.05, 3.63) is 26.6 Å². The lowest BCUT2D eigenvalue weighted by Gasteiger charge is -2.54. The first-order valence-corrected chi connectivity index (χ1v) is 9.31. The molecule has 0 N–H and O–H groups in total. The van der Waals surface area contributed by atoms with Crippen molar-refractivity contribution in [3.63, 3.8) is 0 Å². The quantitative estimate of drug-likeness (QED) is 0.665. The SMILES string of the molecule is CCCCOc1c2n(cc(Br)c1=O)C1(COC1)C(OC)N(CC)C2=O. The zero-order valence-electron chi connectivity index (χ0n) is 14.7. The monoisotopic (exact) mass is 414 g/mol. The Labute approximate surface area is 155 Å². The standard InChI is InChI=1S/C17H23BrN2O5/c1-4-6-7-25-14-12-15(22)19(5-2)16(23-3)17(9-24-10-17)20(12)8-11(18)13(14)21/h8,16H,4-7,9-10H2,1-3H3. The lowest BCUT2D eigenvalue weighted by atomic mass is 9.89. The number of unbranched alkanes of at least 4 members (excludes halogenated alkanes) is 1. The molecule has 1 fully saturated rings. The van der Waals surface area contributed by atoms with Crippen LogP contribution in [0, 0.1) is 0 Å². The number of likely N-dealkylation sites (N-methyl/N-ethyl adjacent to an activating group) is 1. The van der Waals surface area contributed by atoms with Gasteiger partial charge in [0.25, 0.3) is 5.91 Å². The summed E-state index contributed by atoms with van der Waals surface area (Å²) in [4.78, 5) is 27.4. The first-order valence-electron chi connectivity index (χ1n) is 8.51. The fourth-order valence-electron chi connectivity index (χ4n) is 3.47. The molecule has 2 aliphatic rings. The summed E-state index contributed by atoms with van der Waals surface area (Å²) < 4.78 is 19.1. The van der Waals surface area contributed by atoms with E-state index in [4.69, 9.17) is 14.2 Å². The maximum Gasteiger partial charge on any atom is 0.276 e. The molecule has 0 aliphatic carbocycles. The third-order valence-electron chi connectivity index (χ3n) is 4.82. The molecule has 1 saturated heterocycles. The third kappa shape index (κ3) is 2.71. The van der Waals surface area contributed by atoms with Crippen LogP contribution in [0.5, 0.6) is 5.75 Å². The van der Waals surface area contributed by atoms with Crippen molar-refractivity contribution in [2.24, 2.45) is 0 Å². The highest BCUT2D eigenvalue weighted by Gasteiger charge is 2.56. The first kappa shape index (κ1) is 18.4. The molecule has 0 bridgehead atoms. The number of pyridine rings is 1. The Morgan fingerprint density at radius 2 is 2.08 bits per heavy atom. The van der Waals surface area contributed by atoms with Crippen LogP contribution in [0.1, 0.15) is 37.2 Å². The van der Waals surface area contributed by atoms with Crippen LogP contribution in [0.2, 0.25) is 0 Å². The average molecular weight is 415 g/mol. The van der Waals surface area contributed by atoms with E-state index < -0.39 is 11.8 Å². The number of rotatable bonds is 6. The van der Waals surface area contributed by atoms with E-state index in [1.54, 1.807) is 18.2 Å². The Balaban J connectivity index is 2.20. The predicted octanol–water partition coefficient (Wildman–Crippen LogP) is 1.96. The van der Waals surface area contributed by atoms with Crippen molar-refractivity contribution < 1.29 is 19.0 Å². The minimum atomic E-state index is -0.549. The van der Waals surface area contributed by atoms with Crippen molar-refractivity contribution in [2.75, 3.05) is 33.5 Å². The number of carbonyl (C=O) groups excluding carboxylic acids is 1. The van der Waals surface area contributed by atoms with Gasteiger partial charge in [-0.25, -0.2) is 0 Å². The van der Waals surface area contributed by atoms with Gasteiger partial charge in [0, 0.05) is 19.9 Å². The molecule has 3 rings (SSSR count). The van der Waals surface area contributed by atoms with Crippen molar-refractivity contribution >= 4 is 21.8 Å². The second-order valence-corrected chi connectivity index (χ2v) is 7.19. The van der Waals surface area contributed by atoms with E-state index in [1.807, 2.05) is 18.4 Å². The Morgan fingerprint density at radius 3 is 2.60 bits per heavy atom. The number of nitrogens with zero attached hydrogens (tertiary/aromatic N) is 2. The minimum absolute atomic E-state index is 0.104. The molecule has 1 spiro atoms. The van der Waals surface area contributed by atoms with Crippen LogP contribution in [0.25, 0.3) is 0 Å². The van der Waals surface area contributed by atoms with Crippen molar-refractivity contribution in [1.82, 2.24) is 9.47 Å². The fourth-order valence-corrected chi connectivity index (χ4v) is 3.85. The summed E-state index contributed by atoms with van der Waals surface area (Å²) in [5.41, 5.74) is -0.576. The van der Waals surface area contributed by atoms with Crippen molar-refractivity contribution in [3.8, 4) is 5.75 Å². The highest BCUT2D eigenvalue weighted by atomic mass is 79.9. The van der Waals surface area contributed by atoms with Gasteiger partial charge < -0.3 is 23.7 Å². The van der Waals surface area contributed by atoms with E-state index in [1.165, 1.54) is 0 Å². The van der Waals surface area contributed by atoms with Gasteiger partial charge in [-0.15, -0.1) is 0 Å². The molecule has 1 unspecified atom stereocenters. The van der Waals surface area contributed by atoms with Gasteiger partial charge in [-0.3, -0.25) is 9.59 Å². The summed E-state index contributed by atoms with van der Waals surface area (Å²) >= 11 is 3.31. The Bertz CT molecular complexity index is 728. The van der Waals surface area contributed by atoms with Gasteiger partial charge in [0.1, 0.15) is 5.54 Å². The zero-order chi connectivity index (χ0) is 18.2. The van der Waals surface area contributed by atoms with Gasteiger partial charge >= 0.3 is 0 Å². The number of ether oxygens (including phenoxy) is 3. The van der Waals surface area contributed by atoms with Crippen molar-refractivity contribution in [2.45, 2.75) is 38.5 Å². The highest BCUT2D eigenvalue weighted by Crippen LogP contribution is 2.41. The zero-order valence-corrected chi connectivity index (χ0v) is 16.3. The summed E-state index contributed by atoms with van der Waals surface area (Å²) in [5.74, 6) is -0.157. The number of fused-ring (bicyclic) bond motifs is 2. The molecule has 3 heterocycles. The second-order valence-electron chi connectivity index (χ2n) is 6.33. The van der Waals surface area contributed by atoms with Crippen LogP contribution >= 0.6 is 15.9 Å². The molecule has 1 aromatic heterocycles. The number of methoxy groups -OCH3 is 1. The normalized spacial score (nSPS) is 21.2. The number of hydrogen-bond donors (Lipinski definition) is 0. The number of halogens is 1. The Hall–Kier alpha value is -1.38. The van der Waals surface area contributed by atoms with Crippen LogP contribution < -0.4 is 10.2 Å². The molecule has 7 nitrogen and oxygen atoms in total. The largest absolute Gasteiger partial charge is 0.487 e. The third-order valence-corrected chi connectivity index (χ3v) is 5.38. The van der Waals surface area contributed by atoms with Gasteiger partial charge in [-0.05, 0) is 29.3 Å². The number of amides is 1.